The van der Waals surface area contributed by atoms with Crippen LogP contribution in [-0.4, -0.2) is 23.6 Å². The van der Waals surface area contributed by atoms with Gasteiger partial charge in [-0.25, -0.2) is 4.98 Å². The number of methoxy groups -OCH3 is 1. The number of carbonyl (C=O) groups is 1. The van der Waals surface area contributed by atoms with Crippen molar-refractivity contribution in [2.75, 3.05) is 18.2 Å². The summed E-state index contributed by atoms with van der Waals surface area (Å²) in [6.45, 7) is 1.88. The molecular formula is C13H19N3O2. The van der Waals surface area contributed by atoms with E-state index < -0.39 is 0 Å². The minimum Gasteiger partial charge on any atom is -0.397 e. The van der Waals surface area contributed by atoms with Crippen LogP contribution >= 0.6 is 0 Å². The lowest BCUT2D eigenvalue weighted by atomic mass is 9.77. The number of rotatable bonds is 4. The van der Waals surface area contributed by atoms with Gasteiger partial charge in [0.1, 0.15) is 5.82 Å². The van der Waals surface area contributed by atoms with Gasteiger partial charge in [0.25, 0.3) is 0 Å². The largest absolute Gasteiger partial charge is 0.397 e. The van der Waals surface area contributed by atoms with Gasteiger partial charge in [0.2, 0.25) is 5.91 Å². The molecule has 1 aliphatic carbocycles. The second-order valence-electron chi connectivity index (χ2n) is 4.89. The second kappa shape index (κ2) is 4.94. The normalized spacial score (nSPS) is 17.0. The van der Waals surface area contributed by atoms with E-state index >= 15 is 0 Å². The maximum absolute atomic E-state index is 11.9. The van der Waals surface area contributed by atoms with Crippen molar-refractivity contribution in [3.05, 3.63) is 17.8 Å². The van der Waals surface area contributed by atoms with Crippen LogP contribution in [0.15, 0.2) is 12.3 Å². The summed E-state index contributed by atoms with van der Waals surface area (Å²) >= 11 is 0. The highest BCUT2D eigenvalue weighted by Crippen LogP contribution is 2.38. The molecule has 1 amide bonds. The SMILES string of the molecule is COC1(CC(=O)Nc2cc(C)c(N)cn2)CCC1. The Labute approximate surface area is 107 Å². The van der Waals surface area contributed by atoms with Crippen LogP contribution < -0.4 is 11.1 Å². The van der Waals surface area contributed by atoms with E-state index in [1.54, 1.807) is 19.4 Å². The predicted molar refractivity (Wildman–Crippen MR) is 70.2 cm³/mol. The van der Waals surface area contributed by atoms with Crippen molar-refractivity contribution in [2.24, 2.45) is 0 Å². The van der Waals surface area contributed by atoms with Crippen molar-refractivity contribution in [1.29, 1.82) is 0 Å². The zero-order valence-corrected chi connectivity index (χ0v) is 10.8. The lowest BCUT2D eigenvalue weighted by Gasteiger charge is -2.39. The molecule has 0 unspecified atom stereocenters. The van der Waals surface area contributed by atoms with E-state index in [1.165, 1.54) is 0 Å². The van der Waals surface area contributed by atoms with Gasteiger partial charge in [0, 0.05) is 7.11 Å². The summed E-state index contributed by atoms with van der Waals surface area (Å²) in [7, 11) is 1.66. The Morgan fingerprint density at radius 3 is 2.83 bits per heavy atom. The monoisotopic (exact) mass is 249 g/mol. The fraction of sp³-hybridized carbons (Fsp3) is 0.538. The zero-order chi connectivity index (χ0) is 13.2. The number of nitrogen functional groups attached to an aromatic ring is 1. The highest BCUT2D eigenvalue weighted by Gasteiger charge is 2.39. The van der Waals surface area contributed by atoms with Crippen LogP contribution in [0.25, 0.3) is 0 Å². The Balaban J connectivity index is 1.96. The van der Waals surface area contributed by atoms with Gasteiger partial charge in [-0.15, -0.1) is 0 Å². The number of aromatic nitrogens is 1. The first-order chi connectivity index (χ1) is 8.54. The highest BCUT2D eigenvalue weighted by molar-refractivity contribution is 5.90. The van der Waals surface area contributed by atoms with Crippen molar-refractivity contribution in [3.63, 3.8) is 0 Å². The van der Waals surface area contributed by atoms with Gasteiger partial charge in [-0.2, -0.15) is 0 Å². The Morgan fingerprint density at radius 2 is 2.33 bits per heavy atom. The summed E-state index contributed by atoms with van der Waals surface area (Å²) in [5, 5.41) is 2.78. The molecule has 0 atom stereocenters. The number of nitrogens with two attached hydrogens (primary N) is 1. The van der Waals surface area contributed by atoms with E-state index in [9.17, 15) is 4.79 Å². The van der Waals surface area contributed by atoms with Crippen LogP contribution in [-0.2, 0) is 9.53 Å². The van der Waals surface area contributed by atoms with Crippen molar-refractivity contribution in [1.82, 2.24) is 4.98 Å². The van der Waals surface area contributed by atoms with Crippen molar-refractivity contribution in [3.8, 4) is 0 Å². The number of ether oxygens (including phenoxy) is 1. The number of carbonyl (C=O) groups excluding carboxylic acids is 1. The first-order valence-corrected chi connectivity index (χ1v) is 6.12. The molecule has 0 spiro atoms. The average Bonchev–Trinajstić information content (AvgIpc) is 2.29. The number of hydrogen-bond donors (Lipinski definition) is 2. The molecule has 0 radical (unpaired) electrons. The molecule has 1 aliphatic rings. The molecule has 3 N–H and O–H groups in total. The molecule has 98 valence electrons. The Bertz CT molecular complexity index is 450. The summed E-state index contributed by atoms with van der Waals surface area (Å²) < 4.78 is 5.42. The van der Waals surface area contributed by atoms with E-state index in [-0.39, 0.29) is 11.5 Å². The third kappa shape index (κ3) is 2.61. The molecular weight excluding hydrogens is 230 g/mol. The summed E-state index contributed by atoms with van der Waals surface area (Å²) in [4.78, 5) is 16.0. The number of aryl methyl sites for hydroxylation is 1. The molecule has 0 bridgehead atoms. The molecule has 18 heavy (non-hydrogen) atoms. The fourth-order valence-electron chi connectivity index (χ4n) is 2.14. The number of nitrogens with one attached hydrogen (secondary N) is 1. The molecule has 1 aromatic heterocycles. The number of anilines is 2. The quantitative estimate of drug-likeness (QED) is 0.854. The number of amides is 1. The van der Waals surface area contributed by atoms with Crippen molar-refractivity contribution >= 4 is 17.4 Å². The number of hydrogen-bond acceptors (Lipinski definition) is 4. The minimum absolute atomic E-state index is 0.0618. The summed E-state index contributed by atoms with van der Waals surface area (Å²) in [5.74, 6) is 0.477. The van der Waals surface area contributed by atoms with Gasteiger partial charge in [0.15, 0.2) is 0 Å². The van der Waals surface area contributed by atoms with E-state index in [1.807, 2.05) is 6.92 Å². The molecule has 2 rings (SSSR count). The van der Waals surface area contributed by atoms with Gasteiger partial charge in [-0.3, -0.25) is 4.79 Å². The maximum Gasteiger partial charge on any atom is 0.228 e. The third-order valence-electron chi connectivity index (χ3n) is 3.60. The lowest BCUT2D eigenvalue weighted by Crippen LogP contribution is -2.42. The Kier molecular flexibility index (Phi) is 3.52. The molecule has 1 aromatic rings. The van der Waals surface area contributed by atoms with E-state index in [0.29, 0.717) is 17.9 Å². The Hall–Kier alpha value is -1.62. The van der Waals surface area contributed by atoms with Gasteiger partial charge >= 0.3 is 0 Å². The first-order valence-electron chi connectivity index (χ1n) is 6.12. The summed E-state index contributed by atoms with van der Waals surface area (Å²) in [6, 6.07) is 1.77. The molecule has 5 nitrogen and oxygen atoms in total. The minimum atomic E-state index is -0.257. The van der Waals surface area contributed by atoms with Gasteiger partial charge in [-0.1, -0.05) is 0 Å². The zero-order valence-electron chi connectivity index (χ0n) is 10.8. The van der Waals surface area contributed by atoms with Crippen LogP contribution in [0.4, 0.5) is 11.5 Å². The van der Waals surface area contributed by atoms with Crippen LogP contribution in [0, 0.1) is 6.92 Å². The van der Waals surface area contributed by atoms with Crippen molar-refractivity contribution in [2.45, 2.75) is 38.2 Å². The topological polar surface area (TPSA) is 77.2 Å². The number of pyridine rings is 1. The van der Waals surface area contributed by atoms with Crippen molar-refractivity contribution < 1.29 is 9.53 Å². The molecule has 5 heteroatoms. The summed E-state index contributed by atoms with van der Waals surface area (Å²) in [5.41, 5.74) is 6.95. The fourth-order valence-corrected chi connectivity index (χ4v) is 2.14. The smallest absolute Gasteiger partial charge is 0.228 e. The second-order valence-corrected chi connectivity index (χ2v) is 4.89. The van der Waals surface area contributed by atoms with Crippen LogP contribution in [0.1, 0.15) is 31.2 Å². The highest BCUT2D eigenvalue weighted by atomic mass is 16.5. The molecule has 0 saturated heterocycles. The predicted octanol–water partition coefficient (Wildman–Crippen LogP) is 1.87. The first kappa shape index (κ1) is 12.8. The van der Waals surface area contributed by atoms with Gasteiger partial charge in [0.05, 0.1) is 23.9 Å². The average molecular weight is 249 g/mol. The van der Waals surface area contributed by atoms with Gasteiger partial charge < -0.3 is 15.8 Å². The molecule has 0 aliphatic heterocycles. The summed E-state index contributed by atoms with van der Waals surface area (Å²) in [6.07, 6.45) is 4.96. The molecule has 1 saturated carbocycles. The molecule has 0 aromatic carbocycles. The molecule has 1 fully saturated rings. The number of nitrogens with zero attached hydrogens (tertiary/aromatic N) is 1. The molecule has 1 heterocycles. The van der Waals surface area contributed by atoms with E-state index in [0.717, 1.165) is 24.8 Å². The van der Waals surface area contributed by atoms with Crippen LogP contribution in [0.2, 0.25) is 0 Å². The van der Waals surface area contributed by atoms with E-state index in [4.69, 9.17) is 10.5 Å². The van der Waals surface area contributed by atoms with Crippen LogP contribution in [0.3, 0.4) is 0 Å². The van der Waals surface area contributed by atoms with Crippen LogP contribution in [0.5, 0.6) is 0 Å². The lowest BCUT2D eigenvalue weighted by molar-refractivity contribution is -0.129. The maximum atomic E-state index is 11.9. The third-order valence-corrected chi connectivity index (χ3v) is 3.60. The Morgan fingerprint density at radius 1 is 1.61 bits per heavy atom. The van der Waals surface area contributed by atoms with E-state index in [2.05, 4.69) is 10.3 Å². The van der Waals surface area contributed by atoms with Gasteiger partial charge in [-0.05, 0) is 37.8 Å². The standard InChI is InChI=1S/C13H19N3O2/c1-9-6-11(15-8-10(9)14)16-12(17)7-13(18-2)4-3-5-13/h6,8H,3-5,7,14H2,1-2H3,(H,15,16,17).